The van der Waals surface area contributed by atoms with Gasteiger partial charge in [-0.1, -0.05) is 12.8 Å². The van der Waals surface area contributed by atoms with Gasteiger partial charge in [0.25, 0.3) is 5.56 Å². The van der Waals surface area contributed by atoms with Crippen LogP contribution >= 0.6 is 0 Å². The minimum atomic E-state index is -3.84. The summed E-state index contributed by atoms with van der Waals surface area (Å²) in [6, 6.07) is 9.37. The van der Waals surface area contributed by atoms with Crippen LogP contribution < -0.4 is 16.0 Å². The van der Waals surface area contributed by atoms with Crippen molar-refractivity contribution in [3.63, 3.8) is 0 Å². The molecule has 0 radical (unpaired) electrons. The molecule has 0 spiro atoms. The number of sulfonamides is 1. The largest absolute Gasteiger partial charge is 0.338 e. The van der Waals surface area contributed by atoms with Gasteiger partial charge in [-0.15, -0.1) is 0 Å². The van der Waals surface area contributed by atoms with Gasteiger partial charge in [0.2, 0.25) is 10.0 Å². The molecule has 11 heteroatoms. The van der Waals surface area contributed by atoms with Gasteiger partial charge in [0, 0.05) is 11.9 Å². The SMILES string of the molecule is N#CC[C@]1(n2nc(Nc3ccc(S(N)(=O)=O)cc3)c3c(=O)[nH]ccc32)CCCC[C@H]1F. The van der Waals surface area contributed by atoms with E-state index in [1.165, 1.54) is 35.1 Å². The summed E-state index contributed by atoms with van der Waals surface area (Å²) in [7, 11) is -3.84. The highest BCUT2D eigenvalue weighted by Crippen LogP contribution is 2.42. The number of primary sulfonamides is 1. The van der Waals surface area contributed by atoms with Crippen LogP contribution in [0.2, 0.25) is 0 Å². The zero-order chi connectivity index (χ0) is 22.2. The molecular weight excluding hydrogens is 423 g/mol. The summed E-state index contributed by atoms with van der Waals surface area (Å²) in [5.74, 6) is 0.190. The predicted octanol–water partition coefficient (Wildman–Crippen LogP) is 2.64. The quantitative estimate of drug-likeness (QED) is 0.551. The van der Waals surface area contributed by atoms with Gasteiger partial charge in [0.05, 0.1) is 22.9 Å². The number of hydrogen-bond acceptors (Lipinski definition) is 6. The monoisotopic (exact) mass is 444 g/mol. The molecule has 1 fully saturated rings. The van der Waals surface area contributed by atoms with Crippen LogP contribution in [-0.2, 0) is 15.6 Å². The van der Waals surface area contributed by atoms with E-state index in [1.807, 2.05) is 0 Å². The van der Waals surface area contributed by atoms with E-state index in [0.717, 1.165) is 12.8 Å². The fourth-order valence-corrected chi connectivity index (χ4v) is 4.71. The van der Waals surface area contributed by atoms with Crippen molar-refractivity contribution in [1.29, 1.82) is 5.26 Å². The zero-order valence-electron chi connectivity index (χ0n) is 16.5. The fraction of sp³-hybridized carbons (Fsp3) is 0.350. The molecule has 0 aliphatic heterocycles. The van der Waals surface area contributed by atoms with Crippen LogP contribution in [-0.4, -0.2) is 29.4 Å². The first-order chi connectivity index (χ1) is 14.8. The number of fused-ring (bicyclic) bond motifs is 1. The molecule has 0 amide bonds. The van der Waals surface area contributed by atoms with E-state index in [4.69, 9.17) is 5.14 Å². The Bertz CT molecular complexity index is 1330. The van der Waals surface area contributed by atoms with Gasteiger partial charge >= 0.3 is 0 Å². The van der Waals surface area contributed by atoms with Gasteiger partial charge in [0.1, 0.15) is 17.1 Å². The summed E-state index contributed by atoms with van der Waals surface area (Å²) in [4.78, 5) is 15.2. The highest BCUT2D eigenvalue weighted by molar-refractivity contribution is 7.89. The van der Waals surface area contributed by atoms with E-state index >= 15 is 4.39 Å². The number of nitriles is 1. The van der Waals surface area contributed by atoms with Gasteiger partial charge in [0.15, 0.2) is 5.82 Å². The highest BCUT2D eigenvalue weighted by Gasteiger charge is 2.45. The van der Waals surface area contributed by atoms with Gasteiger partial charge in [-0.05, 0) is 43.2 Å². The highest BCUT2D eigenvalue weighted by atomic mass is 32.2. The lowest BCUT2D eigenvalue weighted by molar-refractivity contribution is 0.0612. The van der Waals surface area contributed by atoms with Crippen molar-refractivity contribution >= 4 is 32.4 Å². The second-order valence-electron chi connectivity index (χ2n) is 7.67. The molecule has 2 atom stereocenters. The third kappa shape index (κ3) is 3.68. The third-order valence-corrected chi connectivity index (χ3v) is 6.69. The number of hydrogen-bond donors (Lipinski definition) is 3. The number of aromatic amines is 1. The van der Waals surface area contributed by atoms with Crippen LogP contribution in [0.4, 0.5) is 15.9 Å². The average molecular weight is 444 g/mol. The van der Waals surface area contributed by atoms with E-state index in [2.05, 4.69) is 21.5 Å². The lowest BCUT2D eigenvalue weighted by Gasteiger charge is -2.39. The van der Waals surface area contributed by atoms with Crippen molar-refractivity contribution in [2.24, 2.45) is 5.14 Å². The first kappa shape index (κ1) is 21.0. The molecule has 2 heterocycles. The molecule has 31 heavy (non-hydrogen) atoms. The Morgan fingerprint density at radius 3 is 2.71 bits per heavy atom. The lowest BCUT2D eigenvalue weighted by atomic mass is 9.78. The van der Waals surface area contributed by atoms with Crippen LogP contribution in [0.5, 0.6) is 0 Å². The Hall–Kier alpha value is -3.23. The number of anilines is 2. The van der Waals surface area contributed by atoms with Crippen LogP contribution in [0.3, 0.4) is 0 Å². The molecule has 1 aliphatic rings. The Kier molecular flexibility index (Phi) is 5.28. The minimum Gasteiger partial charge on any atom is -0.338 e. The van der Waals surface area contributed by atoms with Crippen molar-refractivity contribution in [2.75, 3.05) is 5.32 Å². The van der Waals surface area contributed by atoms with Crippen molar-refractivity contribution in [1.82, 2.24) is 14.8 Å². The summed E-state index contributed by atoms with van der Waals surface area (Å²) in [6.45, 7) is 0. The summed E-state index contributed by atoms with van der Waals surface area (Å²) in [5.41, 5.74) is -0.675. The summed E-state index contributed by atoms with van der Waals surface area (Å²) < 4.78 is 39.6. The van der Waals surface area contributed by atoms with E-state index in [1.54, 1.807) is 6.07 Å². The number of nitrogens with two attached hydrogens (primary N) is 1. The third-order valence-electron chi connectivity index (χ3n) is 5.76. The standard InChI is InChI=1S/C20H21FN6O3S/c21-16-3-1-2-9-20(16,10-11-22)27-15-8-12-24-19(28)17(15)18(26-27)25-13-4-6-14(7-5-13)31(23,29)30/h4-8,12,16H,1-3,9-10H2,(H,24,28)(H,25,26)(H2,23,29,30)/t16-,20-/m1/s1. The second kappa shape index (κ2) is 7.79. The van der Waals surface area contributed by atoms with E-state index in [0.29, 0.717) is 24.0 Å². The van der Waals surface area contributed by atoms with Crippen molar-refractivity contribution < 1.29 is 12.8 Å². The number of benzene rings is 1. The van der Waals surface area contributed by atoms with E-state index in [-0.39, 0.29) is 22.5 Å². The smallest absolute Gasteiger partial charge is 0.261 e. The molecule has 4 rings (SSSR count). The summed E-state index contributed by atoms with van der Waals surface area (Å²) in [6.07, 6.45) is 2.37. The molecule has 9 nitrogen and oxygen atoms in total. The van der Waals surface area contributed by atoms with E-state index in [9.17, 15) is 18.5 Å². The number of aromatic nitrogens is 3. The van der Waals surface area contributed by atoms with E-state index < -0.39 is 27.3 Å². The maximum Gasteiger partial charge on any atom is 0.261 e. The first-order valence-electron chi connectivity index (χ1n) is 9.78. The molecular formula is C20H21FN6O3S. The Morgan fingerprint density at radius 1 is 1.32 bits per heavy atom. The maximum atomic E-state index is 15.2. The fourth-order valence-electron chi connectivity index (χ4n) is 4.20. The normalized spacial score (nSPS) is 21.6. The number of nitrogens with one attached hydrogen (secondary N) is 2. The van der Waals surface area contributed by atoms with Crippen LogP contribution in [0.1, 0.15) is 32.1 Å². The maximum absolute atomic E-state index is 15.2. The average Bonchev–Trinajstić information content (AvgIpc) is 3.10. The molecule has 3 aromatic rings. The Labute approximate surface area is 177 Å². The van der Waals surface area contributed by atoms with Crippen LogP contribution in [0.25, 0.3) is 10.9 Å². The molecule has 1 aromatic carbocycles. The number of H-pyrrole nitrogens is 1. The second-order valence-corrected chi connectivity index (χ2v) is 9.24. The number of nitrogens with zero attached hydrogens (tertiary/aromatic N) is 3. The van der Waals surface area contributed by atoms with Crippen molar-refractivity contribution in [3.8, 4) is 6.07 Å². The molecule has 162 valence electrons. The van der Waals surface area contributed by atoms with Gasteiger partial charge in [-0.3, -0.25) is 9.48 Å². The van der Waals surface area contributed by atoms with Gasteiger partial charge < -0.3 is 10.3 Å². The summed E-state index contributed by atoms with van der Waals surface area (Å²) >= 11 is 0. The minimum absolute atomic E-state index is 0.0539. The molecule has 1 saturated carbocycles. The van der Waals surface area contributed by atoms with Crippen molar-refractivity contribution in [2.45, 2.75) is 48.7 Å². The summed E-state index contributed by atoms with van der Waals surface area (Å²) in [5, 5.41) is 22.3. The molecule has 0 saturated heterocycles. The molecule has 0 bridgehead atoms. The van der Waals surface area contributed by atoms with Gasteiger partial charge in [-0.2, -0.15) is 10.4 Å². The first-order valence-corrected chi connectivity index (χ1v) is 11.3. The number of alkyl halides is 1. The molecule has 0 unspecified atom stereocenters. The lowest BCUT2D eigenvalue weighted by Crippen LogP contribution is -2.45. The predicted molar refractivity (Wildman–Crippen MR) is 113 cm³/mol. The number of rotatable bonds is 5. The topological polar surface area (TPSA) is 147 Å². The van der Waals surface area contributed by atoms with Crippen LogP contribution in [0, 0.1) is 11.3 Å². The van der Waals surface area contributed by atoms with Crippen LogP contribution in [0.15, 0.2) is 46.2 Å². The Balaban J connectivity index is 1.84. The Morgan fingerprint density at radius 2 is 2.06 bits per heavy atom. The number of pyridine rings is 1. The molecule has 1 aliphatic carbocycles. The van der Waals surface area contributed by atoms with Gasteiger partial charge in [-0.25, -0.2) is 17.9 Å². The number of halogens is 1. The van der Waals surface area contributed by atoms with Crippen molar-refractivity contribution in [3.05, 3.63) is 46.9 Å². The molecule has 2 aromatic heterocycles. The zero-order valence-corrected chi connectivity index (χ0v) is 17.3. The molecule has 4 N–H and O–H groups in total.